The molecule has 0 aromatic rings. The van der Waals surface area contributed by atoms with E-state index in [9.17, 15) is 9.59 Å². The summed E-state index contributed by atoms with van der Waals surface area (Å²) >= 11 is 0. The Bertz CT molecular complexity index is 275. The van der Waals surface area contributed by atoms with Crippen LogP contribution in [0.1, 0.15) is 20.3 Å². The lowest BCUT2D eigenvalue weighted by Gasteiger charge is -2.15. The van der Waals surface area contributed by atoms with Gasteiger partial charge in [0.1, 0.15) is 0 Å². The van der Waals surface area contributed by atoms with Gasteiger partial charge in [-0.25, -0.2) is 4.79 Å². The first-order valence-electron chi connectivity index (χ1n) is 5.06. The fourth-order valence-corrected chi connectivity index (χ4v) is 1.25. The summed E-state index contributed by atoms with van der Waals surface area (Å²) in [4.78, 5) is 22.1. The van der Waals surface area contributed by atoms with E-state index in [0.717, 1.165) is 5.57 Å². The van der Waals surface area contributed by atoms with Crippen molar-refractivity contribution in [2.75, 3.05) is 13.7 Å². The molecule has 0 aliphatic carbocycles. The minimum Gasteiger partial charge on any atom is -0.479 e. The van der Waals surface area contributed by atoms with E-state index in [1.54, 1.807) is 6.92 Å². The molecule has 0 aromatic heterocycles. The second kappa shape index (κ2) is 7.00. The maximum atomic E-state index is 11.5. The van der Waals surface area contributed by atoms with Gasteiger partial charge < -0.3 is 15.2 Å². The molecule has 0 heterocycles. The number of methoxy groups -OCH3 is 1. The number of ether oxygens (including phenoxy) is 1. The third-order valence-corrected chi connectivity index (χ3v) is 2.12. The zero-order valence-electron chi connectivity index (χ0n) is 9.95. The van der Waals surface area contributed by atoms with Gasteiger partial charge in [0.2, 0.25) is 5.91 Å². The number of carboxylic acid groups (broad SMARTS) is 1. The Hall–Kier alpha value is -1.36. The van der Waals surface area contributed by atoms with Crippen LogP contribution in [-0.4, -0.2) is 36.7 Å². The average molecular weight is 229 g/mol. The molecule has 0 fully saturated rings. The van der Waals surface area contributed by atoms with Crippen LogP contribution in [0.5, 0.6) is 0 Å². The highest BCUT2D eigenvalue weighted by molar-refractivity contribution is 5.80. The van der Waals surface area contributed by atoms with Crippen LogP contribution in [-0.2, 0) is 14.3 Å². The number of carbonyl (C=O) groups is 2. The second-order valence-electron chi connectivity index (χ2n) is 3.87. The van der Waals surface area contributed by atoms with Crippen LogP contribution < -0.4 is 5.32 Å². The van der Waals surface area contributed by atoms with Gasteiger partial charge in [0.25, 0.3) is 0 Å². The largest absolute Gasteiger partial charge is 0.479 e. The molecule has 2 N–H and O–H groups in total. The standard InChI is InChI=1S/C11H19NO4/c1-7(2)5-8(3)10(13)12-6-9(16-4)11(14)15/h8-9H,1,5-6H2,2-4H3,(H,12,13)(H,14,15). The average Bonchev–Trinajstić information content (AvgIpc) is 2.16. The predicted octanol–water partition coefficient (Wildman–Crippen LogP) is 0.804. The number of carbonyl (C=O) groups excluding carboxylic acids is 1. The Morgan fingerprint density at radius 3 is 2.44 bits per heavy atom. The molecule has 0 aliphatic rings. The molecular formula is C11H19NO4. The number of amides is 1. The Labute approximate surface area is 95.5 Å². The molecule has 0 aliphatic heterocycles. The predicted molar refractivity (Wildman–Crippen MR) is 60.0 cm³/mol. The van der Waals surface area contributed by atoms with Crippen molar-refractivity contribution in [2.24, 2.45) is 5.92 Å². The van der Waals surface area contributed by atoms with Gasteiger partial charge in [0.05, 0.1) is 6.54 Å². The van der Waals surface area contributed by atoms with Crippen LogP contribution in [0.25, 0.3) is 0 Å². The molecule has 0 saturated carbocycles. The van der Waals surface area contributed by atoms with Gasteiger partial charge in [-0.3, -0.25) is 4.79 Å². The first-order valence-corrected chi connectivity index (χ1v) is 5.06. The van der Waals surface area contributed by atoms with Crippen molar-refractivity contribution in [3.8, 4) is 0 Å². The van der Waals surface area contributed by atoms with E-state index in [1.165, 1.54) is 7.11 Å². The van der Waals surface area contributed by atoms with E-state index in [1.807, 2.05) is 6.92 Å². The summed E-state index contributed by atoms with van der Waals surface area (Å²) in [5.41, 5.74) is 0.921. The van der Waals surface area contributed by atoms with Crippen LogP contribution in [0, 0.1) is 5.92 Å². The molecule has 5 heteroatoms. The Morgan fingerprint density at radius 2 is 2.06 bits per heavy atom. The molecule has 0 aromatic carbocycles. The lowest BCUT2D eigenvalue weighted by Crippen LogP contribution is -2.39. The van der Waals surface area contributed by atoms with Crippen LogP contribution in [0.15, 0.2) is 12.2 Å². The SMILES string of the molecule is C=C(C)CC(C)C(=O)NCC(OC)C(=O)O. The molecule has 2 atom stereocenters. The van der Waals surface area contributed by atoms with Crippen molar-refractivity contribution >= 4 is 11.9 Å². The maximum absolute atomic E-state index is 11.5. The van der Waals surface area contributed by atoms with Gasteiger partial charge in [0.15, 0.2) is 6.10 Å². The smallest absolute Gasteiger partial charge is 0.334 e. The molecule has 0 bridgehead atoms. The van der Waals surface area contributed by atoms with E-state index in [2.05, 4.69) is 11.9 Å². The fraction of sp³-hybridized carbons (Fsp3) is 0.636. The summed E-state index contributed by atoms with van der Waals surface area (Å²) < 4.78 is 4.69. The first kappa shape index (κ1) is 14.6. The quantitative estimate of drug-likeness (QED) is 0.633. The van der Waals surface area contributed by atoms with Crippen molar-refractivity contribution in [1.29, 1.82) is 0 Å². The van der Waals surface area contributed by atoms with E-state index in [-0.39, 0.29) is 18.4 Å². The number of hydrogen-bond acceptors (Lipinski definition) is 3. The number of aliphatic carboxylic acids is 1. The molecule has 1 amide bonds. The Kier molecular flexibility index (Phi) is 6.41. The summed E-state index contributed by atoms with van der Waals surface area (Å²) in [5.74, 6) is -1.48. The van der Waals surface area contributed by atoms with E-state index >= 15 is 0 Å². The van der Waals surface area contributed by atoms with Crippen molar-refractivity contribution in [3.05, 3.63) is 12.2 Å². The van der Waals surface area contributed by atoms with E-state index in [4.69, 9.17) is 9.84 Å². The number of hydrogen-bond donors (Lipinski definition) is 2. The Morgan fingerprint density at radius 1 is 1.50 bits per heavy atom. The summed E-state index contributed by atoms with van der Waals surface area (Å²) in [6.07, 6.45) is -0.405. The van der Waals surface area contributed by atoms with Gasteiger partial charge in [-0.1, -0.05) is 12.5 Å². The monoisotopic (exact) mass is 229 g/mol. The van der Waals surface area contributed by atoms with Crippen molar-refractivity contribution in [1.82, 2.24) is 5.32 Å². The highest BCUT2D eigenvalue weighted by atomic mass is 16.5. The molecule has 0 saturated heterocycles. The van der Waals surface area contributed by atoms with Crippen molar-refractivity contribution < 1.29 is 19.4 Å². The summed E-state index contributed by atoms with van der Waals surface area (Å²) in [6, 6.07) is 0. The van der Waals surface area contributed by atoms with Gasteiger partial charge >= 0.3 is 5.97 Å². The maximum Gasteiger partial charge on any atom is 0.334 e. The molecule has 0 radical (unpaired) electrons. The summed E-state index contributed by atoms with van der Waals surface area (Å²) in [6.45, 7) is 7.31. The lowest BCUT2D eigenvalue weighted by atomic mass is 10.0. The number of allylic oxidation sites excluding steroid dienone is 1. The van der Waals surface area contributed by atoms with Gasteiger partial charge in [-0.15, -0.1) is 6.58 Å². The number of rotatable bonds is 7. The molecule has 16 heavy (non-hydrogen) atoms. The number of nitrogens with one attached hydrogen (secondary N) is 1. The van der Waals surface area contributed by atoms with Gasteiger partial charge in [-0.2, -0.15) is 0 Å². The minimum atomic E-state index is -1.09. The van der Waals surface area contributed by atoms with Crippen LogP contribution in [0.2, 0.25) is 0 Å². The molecule has 0 rings (SSSR count). The van der Waals surface area contributed by atoms with Crippen LogP contribution >= 0.6 is 0 Å². The lowest BCUT2D eigenvalue weighted by molar-refractivity contribution is -0.148. The third kappa shape index (κ3) is 5.50. The van der Waals surface area contributed by atoms with Crippen molar-refractivity contribution in [3.63, 3.8) is 0 Å². The fourth-order valence-electron chi connectivity index (χ4n) is 1.25. The van der Waals surface area contributed by atoms with Gasteiger partial charge in [0, 0.05) is 13.0 Å². The van der Waals surface area contributed by atoms with Crippen LogP contribution in [0.4, 0.5) is 0 Å². The van der Waals surface area contributed by atoms with Crippen molar-refractivity contribution in [2.45, 2.75) is 26.4 Å². The third-order valence-electron chi connectivity index (χ3n) is 2.12. The first-order chi connectivity index (χ1) is 7.38. The van der Waals surface area contributed by atoms with Crippen LogP contribution in [0.3, 0.4) is 0 Å². The second-order valence-corrected chi connectivity index (χ2v) is 3.87. The Balaban J connectivity index is 4.05. The summed E-state index contributed by atoms with van der Waals surface area (Å²) in [5, 5.41) is 11.2. The normalized spacial score (nSPS) is 13.9. The molecule has 92 valence electrons. The molecular weight excluding hydrogens is 210 g/mol. The van der Waals surface area contributed by atoms with E-state index in [0.29, 0.717) is 6.42 Å². The highest BCUT2D eigenvalue weighted by Crippen LogP contribution is 2.08. The highest BCUT2D eigenvalue weighted by Gasteiger charge is 2.19. The molecule has 5 nitrogen and oxygen atoms in total. The zero-order chi connectivity index (χ0) is 12.7. The molecule has 0 spiro atoms. The van der Waals surface area contributed by atoms with E-state index < -0.39 is 12.1 Å². The minimum absolute atomic E-state index is 0.0226. The topological polar surface area (TPSA) is 75.6 Å². The summed E-state index contributed by atoms with van der Waals surface area (Å²) in [7, 11) is 1.29. The molecule has 2 unspecified atom stereocenters. The zero-order valence-corrected chi connectivity index (χ0v) is 9.95. The van der Waals surface area contributed by atoms with Gasteiger partial charge in [-0.05, 0) is 13.3 Å². The number of carboxylic acids is 1.